The van der Waals surface area contributed by atoms with E-state index in [9.17, 15) is 9.59 Å². The van der Waals surface area contributed by atoms with E-state index in [0.29, 0.717) is 36.2 Å². The second-order valence-corrected chi connectivity index (χ2v) is 6.78. The topological polar surface area (TPSA) is 76.0 Å². The van der Waals surface area contributed by atoms with E-state index in [2.05, 4.69) is 15.6 Å². The molecule has 138 valence electrons. The molecular weight excluding hydrogens is 352 g/mol. The van der Waals surface area contributed by atoms with Gasteiger partial charge in [-0.15, -0.1) is 0 Å². The molecule has 1 aliphatic rings. The number of halogens is 1. The summed E-state index contributed by atoms with van der Waals surface area (Å²) >= 11 is 6.14. The highest BCUT2D eigenvalue weighted by atomic mass is 35.5. The number of imidazole rings is 1. The Balaban J connectivity index is 1.80. The average molecular weight is 375 g/mol. The van der Waals surface area contributed by atoms with Crippen molar-refractivity contribution in [2.45, 2.75) is 45.7 Å². The Morgan fingerprint density at radius 2 is 2.00 bits per heavy atom. The number of hydrogen-bond donors (Lipinski definition) is 2. The number of benzene rings is 1. The molecule has 1 aliphatic heterocycles. The van der Waals surface area contributed by atoms with E-state index in [1.165, 1.54) is 0 Å². The molecular formula is C19H23ClN4O2. The van der Waals surface area contributed by atoms with Gasteiger partial charge in [0.1, 0.15) is 5.69 Å². The largest absolute Gasteiger partial charge is 0.351 e. The Labute approximate surface area is 157 Å². The number of nitrogens with zero attached hydrogens (tertiary/aromatic N) is 2. The monoisotopic (exact) mass is 374 g/mol. The first-order chi connectivity index (χ1) is 12.6. The van der Waals surface area contributed by atoms with Crippen LogP contribution in [-0.2, 0) is 19.5 Å². The fourth-order valence-corrected chi connectivity index (χ4v) is 3.32. The molecule has 1 aromatic heterocycles. The Hall–Kier alpha value is -2.34. The standard InChI is InChI=1S/C19H23ClN4O2/c1-2-10-21-18(25)16-15-9-5-6-11-24(15)17(23-16)19(26)22-12-13-7-3-4-8-14(13)20/h3-4,7-8H,2,5-6,9-12H2,1H3,(H,21,25)(H,22,26). The molecule has 0 aliphatic carbocycles. The first kappa shape index (κ1) is 18.5. The average Bonchev–Trinajstić information content (AvgIpc) is 3.05. The highest BCUT2D eigenvalue weighted by Gasteiger charge is 2.27. The molecule has 0 radical (unpaired) electrons. The van der Waals surface area contributed by atoms with Crippen LogP contribution in [0.3, 0.4) is 0 Å². The molecule has 0 spiro atoms. The number of carbonyl (C=O) groups excluding carboxylic acids is 2. The lowest BCUT2D eigenvalue weighted by Gasteiger charge is -2.17. The lowest BCUT2D eigenvalue weighted by Crippen LogP contribution is -2.27. The summed E-state index contributed by atoms with van der Waals surface area (Å²) in [4.78, 5) is 29.5. The van der Waals surface area contributed by atoms with Crippen molar-refractivity contribution in [1.29, 1.82) is 0 Å². The summed E-state index contributed by atoms with van der Waals surface area (Å²) in [5.41, 5.74) is 2.07. The van der Waals surface area contributed by atoms with Gasteiger partial charge in [-0.3, -0.25) is 9.59 Å². The van der Waals surface area contributed by atoms with Crippen molar-refractivity contribution in [3.05, 3.63) is 52.1 Å². The van der Waals surface area contributed by atoms with Gasteiger partial charge in [-0.2, -0.15) is 0 Å². The third kappa shape index (κ3) is 3.90. The van der Waals surface area contributed by atoms with Gasteiger partial charge in [-0.05, 0) is 37.3 Å². The second kappa shape index (κ2) is 8.36. The zero-order chi connectivity index (χ0) is 18.5. The first-order valence-corrected chi connectivity index (χ1v) is 9.38. The van der Waals surface area contributed by atoms with E-state index < -0.39 is 0 Å². The number of fused-ring (bicyclic) bond motifs is 1. The number of hydrogen-bond acceptors (Lipinski definition) is 3. The number of nitrogens with one attached hydrogen (secondary N) is 2. The van der Waals surface area contributed by atoms with E-state index in [1.54, 1.807) is 6.07 Å². The van der Waals surface area contributed by atoms with Crippen molar-refractivity contribution in [1.82, 2.24) is 20.2 Å². The van der Waals surface area contributed by atoms with Crippen molar-refractivity contribution in [2.75, 3.05) is 6.54 Å². The SMILES string of the molecule is CCCNC(=O)c1nc(C(=O)NCc2ccccc2Cl)n2c1CCCC2. The quantitative estimate of drug-likeness (QED) is 0.816. The van der Waals surface area contributed by atoms with E-state index in [0.717, 1.165) is 36.9 Å². The van der Waals surface area contributed by atoms with Gasteiger partial charge < -0.3 is 15.2 Å². The molecule has 2 N–H and O–H groups in total. The molecule has 0 fully saturated rings. The van der Waals surface area contributed by atoms with Crippen LogP contribution in [0.5, 0.6) is 0 Å². The Morgan fingerprint density at radius 3 is 2.77 bits per heavy atom. The second-order valence-electron chi connectivity index (χ2n) is 6.37. The minimum atomic E-state index is -0.289. The third-order valence-corrected chi connectivity index (χ3v) is 4.84. The van der Waals surface area contributed by atoms with Crippen LogP contribution in [0.25, 0.3) is 0 Å². The molecule has 6 nitrogen and oxygen atoms in total. The number of rotatable bonds is 6. The third-order valence-electron chi connectivity index (χ3n) is 4.47. The molecule has 0 atom stereocenters. The number of aromatic nitrogens is 2. The maximum Gasteiger partial charge on any atom is 0.287 e. The zero-order valence-electron chi connectivity index (χ0n) is 14.8. The summed E-state index contributed by atoms with van der Waals surface area (Å²) in [7, 11) is 0. The van der Waals surface area contributed by atoms with Gasteiger partial charge in [0.2, 0.25) is 0 Å². The summed E-state index contributed by atoms with van der Waals surface area (Å²) in [6, 6.07) is 7.38. The molecule has 0 saturated heterocycles. The van der Waals surface area contributed by atoms with Crippen LogP contribution < -0.4 is 10.6 Å². The van der Waals surface area contributed by atoms with Crippen molar-refractivity contribution in [2.24, 2.45) is 0 Å². The van der Waals surface area contributed by atoms with Crippen LogP contribution in [0.4, 0.5) is 0 Å². The molecule has 0 saturated carbocycles. The molecule has 26 heavy (non-hydrogen) atoms. The Morgan fingerprint density at radius 1 is 1.19 bits per heavy atom. The van der Waals surface area contributed by atoms with Crippen LogP contribution in [0.1, 0.15) is 58.6 Å². The van der Waals surface area contributed by atoms with E-state index >= 15 is 0 Å². The zero-order valence-corrected chi connectivity index (χ0v) is 15.6. The summed E-state index contributed by atoms with van der Waals surface area (Å²) in [6.07, 6.45) is 3.59. The summed E-state index contributed by atoms with van der Waals surface area (Å²) in [6.45, 7) is 3.62. The van der Waals surface area contributed by atoms with Gasteiger partial charge in [0.15, 0.2) is 5.82 Å². The van der Waals surface area contributed by atoms with Crippen LogP contribution in [-0.4, -0.2) is 27.9 Å². The highest BCUT2D eigenvalue weighted by molar-refractivity contribution is 6.31. The van der Waals surface area contributed by atoms with Gasteiger partial charge in [0, 0.05) is 24.7 Å². The Bertz CT molecular complexity index is 816. The van der Waals surface area contributed by atoms with Gasteiger partial charge >= 0.3 is 0 Å². The van der Waals surface area contributed by atoms with Gasteiger partial charge in [0.25, 0.3) is 11.8 Å². The molecule has 1 aromatic carbocycles. The Kier molecular flexibility index (Phi) is 5.93. The predicted molar refractivity (Wildman–Crippen MR) is 100 cm³/mol. The summed E-state index contributed by atoms with van der Waals surface area (Å²) < 4.78 is 1.88. The maximum atomic E-state index is 12.7. The number of carbonyl (C=O) groups is 2. The van der Waals surface area contributed by atoms with E-state index in [1.807, 2.05) is 29.7 Å². The molecule has 0 bridgehead atoms. The lowest BCUT2D eigenvalue weighted by molar-refractivity contribution is 0.0935. The van der Waals surface area contributed by atoms with Gasteiger partial charge in [-0.1, -0.05) is 36.7 Å². The normalized spacial score (nSPS) is 13.2. The van der Waals surface area contributed by atoms with Gasteiger partial charge in [0.05, 0.1) is 5.69 Å². The number of amides is 2. The predicted octanol–water partition coefficient (Wildman–Crippen LogP) is 2.94. The van der Waals surface area contributed by atoms with Crippen LogP contribution in [0.2, 0.25) is 5.02 Å². The summed E-state index contributed by atoms with van der Waals surface area (Å²) in [5, 5.41) is 6.32. The van der Waals surface area contributed by atoms with E-state index in [4.69, 9.17) is 11.6 Å². The minimum absolute atomic E-state index is 0.206. The fraction of sp³-hybridized carbons (Fsp3) is 0.421. The summed E-state index contributed by atoms with van der Waals surface area (Å²) in [5.74, 6) is -0.196. The molecule has 0 unspecified atom stereocenters. The molecule has 3 rings (SSSR count). The first-order valence-electron chi connectivity index (χ1n) is 9.01. The lowest BCUT2D eigenvalue weighted by atomic mass is 10.1. The van der Waals surface area contributed by atoms with Crippen molar-refractivity contribution in [3.8, 4) is 0 Å². The van der Waals surface area contributed by atoms with Crippen LogP contribution >= 0.6 is 11.6 Å². The van der Waals surface area contributed by atoms with Crippen LogP contribution in [0, 0.1) is 0 Å². The maximum absolute atomic E-state index is 12.7. The molecule has 2 aromatic rings. The fourth-order valence-electron chi connectivity index (χ4n) is 3.12. The van der Waals surface area contributed by atoms with Gasteiger partial charge in [-0.25, -0.2) is 4.98 Å². The van der Waals surface area contributed by atoms with Crippen LogP contribution in [0.15, 0.2) is 24.3 Å². The highest BCUT2D eigenvalue weighted by Crippen LogP contribution is 2.21. The molecule has 7 heteroatoms. The van der Waals surface area contributed by atoms with Crippen molar-refractivity contribution >= 4 is 23.4 Å². The molecule has 2 amide bonds. The van der Waals surface area contributed by atoms with Crippen molar-refractivity contribution < 1.29 is 9.59 Å². The minimum Gasteiger partial charge on any atom is -0.351 e. The molecule has 2 heterocycles. The van der Waals surface area contributed by atoms with Crippen molar-refractivity contribution in [3.63, 3.8) is 0 Å². The van der Waals surface area contributed by atoms with E-state index in [-0.39, 0.29) is 11.8 Å². The smallest absolute Gasteiger partial charge is 0.287 e.